The fraction of sp³-hybridized carbons (Fsp3) is 0.364. The second-order valence-electron chi connectivity index (χ2n) is 7.02. The Morgan fingerprint density at radius 2 is 1.61 bits per heavy atom. The number of carbonyl (C=O) groups is 2. The van der Waals surface area contributed by atoms with Crippen molar-refractivity contribution in [3.63, 3.8) is 0 Å². The standard InChI is InChI=1S/C22H29N3O5S/c1-4-25(5-2)31(28,29)20-12-8-18(9-13-20)16(3)24-22(27)15-30-19-10-6-17(7-11-19)14-21(23)26/h6-13,16H,4-5,14-15H2,1-3H3,(H2,23,26)(H,24,27). The lowest BCUT2D eigenvalue weighted by Crippen LogP contribution is -2.31. The van der Waals surface area contributed by atoms with Crippen LogP contribution in [0.5, 0.6) is 5.75 Å². The molecule has 168 valence electrons. The number of carbonyl (C=O) groups excluding carboxylic acids is 2. The zero-order valence-electron chi connectivity index (χ0n) is 18.0. The van der Waals surface area contributed by atoms with Crippen molar-refractivity contribution in [1.29, 1.82) is 0 Å². The Labute approximate surface area is 183 Å². The minimum absolute atomic E-state index is 0.146. The number of nitrogens with one attached hydrogen (secondary N) is 1. The molecule has 0 fully saturated rings. The van der Waals surface area contributed by atoms with Gasteiger partial charge in [0.25, 0.3) is 5.91 Å². The number of sulfonamides is 1. The molecule has 2 amide bonds. The summed E-state index contributed by atoms with van der Waals surface area (Å²) in [6.45, 7) is 6.04. The van der Waals surface area contributed by atoms with Gasteiger partial charge in [-0.05, 0) is 42.3 Å². The third kappa shape index (κ3) is 6.80. The van der Waals surface area contributed by atoms with Gasteiger partial charge in [-0.25, -0.2) is 8.42 Å². The number of primary amides is 1. The Hall–Kier alpha value is -2.91. The van der Waals surface area contributed by atoms with Gasteiger partial charge in [0.1, 0.15) is 5.75 Å². The molecule has 9 heteroatoms. The average molecular weight is 448 g/mol. The van der Waals surface area contributed by atoms with Crippen molar-refractivity contribution in [3.05, 3.63) is 59.7 Å². The Bertz CT molecular complexity index is 985. The summed E-state index contributed by atoms with van der Waals surface area (Å²) < 4.78 is 32.0. The molecular weight excluding hydrogens is 418 g/mol. The summed E-state index contributed by atoms with van der Waals surface area (Å²) >= 11 is 0. The molecule has 0 spiro atoms. The van der Waals surface area contributed by atoms with Gasteiger partial charge >= 0.3 is 0 Å². The smallest absolute Gasteiger partial charge is 0.258 e. The molecule has 0 heterocycles. The molecule has 3 N–H and O–H groups in total. The quantitative estimate of drug-likeness (QED) is 0.546. The van der Waals surface area contributed by atoms with Crippen molar-refractivity contribution in [2.45, 2.75) is 38.1 Å². The summed E-state index contributed by atoms with van der Waals surface area (Å²) in [5, 5.41) is 2.82. The van der Waals surface area contributed by atoms with Crippen LogP contribution in [0, 0.1) is 0 Å². The number of rotatable bonds is 11. The third-order valence-corrected chi connectivity index (χ3v) is 6.84. The van der Waals surface area contributed by atoms with Crippen LogP contribution in [0.3, 0.4) is 0 Å². The van der Waals surface area contributed by atoms with E-state index in [1.54, 1.807) is 62.4 Å². The van der Waals surface area contributed by atoms with E-state index in [9.17, 15) is 18.0 Å². The molecule has 0 saturated heterocycles. The van der Waals surface area contributed by atoms with Gasteiger partial charge < -0.3 is 15.8 Å². The minimum atomic E-state index is -3.52. The van der Waals surface area contributed by atoms with Gasteiger partial charge in [-0.2, -0.15) is 4.31 Å². The van der Waals surface area contributed by atoms with Crippen molar-refractivity contribution < 1.29 is 22.7 Å². The zero-order chi connectivity index (χ0) is 23.0. The van der Waals surface area contributed by atoms with Crippen LogP contribution in [0.15, 0.2) is 53.4 Å². The topological polar surface area (TPSA) is 119 Å². The van der Waals surface area contributed by atoms with Crippen LogP contribution in [0.1, 0.15) is 37.9 Å². The third-order valence-electron chi connectivity index (χ3n) is 4.77. The molecule has 2 aromatic carbocycles. The molecule has 2 aromatic rings. The van der Waals surface area contributed by atoms with Gasteiger partial charge in [-0.15, -0.1) is 0 Å². The van der Waals surface area contributed by atoms with E-state index >= 15 is 0 Å². The lowest BCUT2D eigenvalue weighted by atomic mass is 10.1. The van der Waals surface area contributed by atoms with Crippen molar-refractivity contribution in [1.82, 2.24) is 9.62 Å². The summed E-state index contributed by atoms with van der Waals surface area (Å²) in [5.74, 6) is -0.226. The maximum Gasteiger partial charge on any atom is 0.258 e. The predicted molar refractivity (Wildman–Crippen MR) is 118 cm³/mol. The van der Waals surface area contributed by atoms with Gasteiger partial charge in [0.2, 0.25) is 15.9 Å². The summed E-state index contributed by atoms with van der Waals surface area (Å²) in [7, 11) is -3.52. The van der Waals surface area contributed by atoms with E-state index in [1.165, 1.54) is 4.31 Å². The Kier molecular flexibility index (Phi) is 8.58. The predicted octanol–water partition coefficient (Wildman–Crippen LogP) is 2.00. The van der Waals surface area contributed by atoms with Crippen LogP contribution in [0.2, 0.25) is 0 Å². The molecule has 0 aliphatic rings. The monoisotopic (exact) mass is 447 g/mol. The fourth-order valence-electron chi connectivity index (χ4n) is 3.06. The van der Waals surface area contributed by atoms with Crippen LogP contribution in [0.4, 0.5) is 0 Å². The number of nitrogens with two attached hydrogens (primary N) is 1. The van der Waals surface area contributed by atoms with Gasteiger partial charge in [0.05, 0.1) is 17.4 Å². The minimum Gasteiger partial charge on any atom is -0.484 e. The molecule has 0 radical (unpaired) electrons. The molecule has 0 bridgehead atoms. The van der Waals surface area contributed by atoms with Crippen LogP contribution >= 0.6 is 0 Å². The van der Waals surface area contributed by atoms with Crippen LogP contribution < -0.4 is 15.8 Å². The highest BCUT2D eigenvalue weighted by molar-refractivity contribution is 7.89. The molecule has 31 heavy (non-hydrogen) atoms. The first-order valence-corrected chi connectivity index (χ1v) is 11.5. The lowest BCUT2D eigenvalue weighted by molar-refractivity contribution is -0.123. The van der Waals surface area contributed by atoms with E-state index in [0.29, 0.717) is 18.8 Å². The van der Waals surface area contributed by atoms with Gasteiger partial charge in [0.15, 0.2) is 6.61 Å². The van der Waals surface area contributed by atoms with E-state index in [2.05, 4.69) is 5.32 Å². The average Bonchev–Trinajstić information content (AvgIpc) is 2.73. The molecule has 0 saturated carbocycles. The molecule has 0 aromatic heterocycles. The van der Waals surface area contributed by atoms with Crippen molar-refractivity contribution >= 4 is 21.8 Å². The van der Waals surface area contributed by atoms with Gasteiger partial charge in [-0.3, -0.25) is 9.59 Å². The summed E-state index contributed by atoms with van der Waals surface area (Å²) in [4.78, 5) is 23.3. The first-order valence-electron chi connectivity index (χ1n) is 10.1. The largest absolute Gasteiger partial charge is 0.484 e. The summed E-state index contributed by atoms with van der Waals surface area (Å²) in [6, 6.07) is 12.9. The van der Waals surface area contributed by atoms with E-state index in [-0.39, 0.29) is 29.9 Å². The molecule has 1 unspecified atom stereocenters. The molecular formula is C22H29N3O5S. The number of nitrogens with zero attached hydrogens (tertiary/aromatic N) is 1. The number of hydrogen-bond acceptors (Lipinski definition) is 5. The van der Waals surface area contributed by atoms with Gasteiger partial charge in [-0.1, -0.05) is 38.1 Å². The molecule has 8 nitrogen and oxygen atoms in total. The fourth-order valence-corrected chi connectivity index (χ4v) is 4.52. The highest BCUT2D eigenvalue weighted by Gasteiger charge is 2.21. The first-order chi connectivity index (χ1) is 14.7. The van der Waals surface area contributed by atoms with Crippen molar-refractivity contribution in [3.8, 4) is 5.75 Å². The second-order valence-corrected chi connectivity index (χ2v) is 8.96. The van der Waals surface area contributed by atoms with E-state index in [4.69, 9.17) is 10.5 Å². The number of benzene rings is 2. The Morgan fingerprint density at radius 3 is 2.13 bits per heavy atom. The van der Waals surface area contributed by atoms with E-state index in [0.717, 1.165) is 11.1 Å². The lowest BCUT2D eigenvalue weighted by Gasteiger charge is -2.19. The van der Waals surface area contributed by atoms with Crippen LogP contribution in [-0.2, 0) is 26.0 Å². The zero-order valence-corrected chi connectivity index (χ0v) is 18.8. The summed E-state index contributed by atoms with van der Waals surface area (Å²) in [5.41, 5.74) is 6.70. The normalized spacial score (nSPS) is 12.4. The maximum absolute atomic E-state index is 12.6. The number of ether oxygens (including phenoxy) is 1. The maximum atomic E-state index is 12.6. The highest BCUT2D eigenvalue weighted by atomic mass is 32.2. The van der Waals surface area contributed by atoms with E-state index in [1.807, 2.05) is 6.92 Å². The molecule has 0 aliphatic carbocycles. The SMILES string of the molecule is CCN(CC)S(=O)(=O)c1ccc(C(C)NC(=O)COc2ccc(CC(N)=O)cc2)cc1. The number of amides is 2. The van der Waals surface area contributed by atoms with Crippen molar-refractivity contribution in [2.24, 2.45) is 5.73 Å². The molecule has 2 rings (SSSR count). The van der Waals surface area contributed by atoms with E-state index < -0.39 is 15.9 Å². The first kappa shape index (κ1) is 24.4. The molecule has 0 aliphatic heterocycles. The van der Waals surface area contributed by atoms with Crippen LogP contribution in [-0.4, -0.2) is 44.2 Å². The number of hydrogen-bond donors (Lipinski definition) is 2. The Balaban J connectivity index is 1.92. The van der Waals surface area contributed by atoms with Crippen LogP contribution in [0.25, 0.3) is 0 Å². The highest BCUT2D eigenvalue weighted by Crippen LogP contribution is 2.19. The Morgan fingerprint density at radius 1 is 1.03 bits per heavy atom. The second kappa shape index (κ2) is 10.9. The van der Waals surface area contributed by atoms with Crippen molar-refractivity contribution in [2.75, 3.05) is 19.7 Å². The molecule has 1 atom stereocenters. The summed E-state index contributed by atoms with van der Waals surface area (Å²) in [6.07, 6.45) is 0.146. The van der Waals surface area contributed by atoms with Gasteiger partial charge in [0, 0.05) is 13.1 Å².